The number of alkyl halides is 3. The number of aromatic nitrogens is 2. The summed E-state index contributed by atoms with van der Waals surface area (Å²) in [6, 6.07) is 11.8. The summed E-state index contributed by atoms with van der Waals surface area (Å²) in [5.41, 5.74) is 3.50. The molecule has 2 N–H and O–H groups in total. The molecule has 1 amide bonds. The highest BCUT2D eigenvalue weighted by Crippen LogP contribution is 2.52. The zero-order valence-corrected chi connectivity index (χ0v) is 18.1. The molecule has 1 heterocycles. The molecule has 0 spiro atoms. The number of nitriles is 1. The lowest BCUT2D eigenvalue weighted by atomic mass is 9.81. The van der Waals surface area contributed by atoms with Crippen LogP contribution in [0, 0.1) is 11.3 Å². The number of aryl methyl sites for hydroxylation is 2. The highest BCUT2D eigenvalue weighted by Gasteiger charge is 2.39. The van der Waals surface area contributed by atoms with Gasteiger partial charge >= 0.3 is 6.18 Å². The van der Waals surface area contributed by atoms with Crippen LogP contribution in [0.25, 0.3) is 17.0 Å². The van der Waals surface area contributed by atoms with Gasteiger partial charge in [-0.15, -0.1) is 0 Å². The van der Waals surface area contributed by atoms with E-state index in [9.17, 15) is 28.3 Å². The molecule has 34 heavy (non-hydrogen) atoms. The van der Waals surface area contributed by atoms with Gasteiger partial charge in [0.05, 0.1) is 11.3 Å². The van der Waals surface area contributed by atoms with Crippen LogP contribution < -0.4 is 5.32 Å². The van der Waals surface area contributed by atoms with E-state index in [1.807, 2.05) is 12.1 Å². The van der Waals surface area contributed by atoms with Crippen LogP contribution in [-0.2, 0) is 24.4 Å². The highest BCUT2D eigenvalue weighted by molar-refractivity contribution is 6.11. The molecule has 1 unspecified atom stereocenters. The van der Waals surface area contributed by atoms with Crippen molar-refractivity contribution in [3.05, 3.63) is 76.0 Å². The van der Waals surface area contributed by atoms with Crippen molar-refractivity contribution in [2.24, 2.45) is 7.05 Å². The average molecular weight is 464 g/mol. The van der Waals surface area contributed by atoms with E-state index < -0.39 is 29.0 Å². The third kappa shape index (κ3) is 3.34. The van der Waals surface area contributed by atoms with Crippen molar-refractivity contribution in [1.82, 2.24) is 9.78 Å². The molecular formula is C25H19F3N4O2. The molecule has 3 aromatic rings. The number of amides is 1. The second-order valence-corrected chi connectivity index (χ2v) is 8.43. The molecule has 1 atom stereocenters. The Bertz CT molecular complexity index is 1410. The Kier molecular flexibility index (Phi) is 4.97. The molecule has 0 fully saturated rings. The Morgan fingerprint density at radius 2 is 2.00 bits per heavy atom. The topological polar surface area (TPSA) is 90.9 Å². The average Bonchev–Trinajstić information content (AvgIpc) is 3.32. The first-order valence-corrected chi connectivity index (χ1v) is 10.7. The van der Waals surface area contributed by atoms with Crippen molar-refractivity contribution in [3.8, 4) is 17.3 Å². The SMILES string of the molecule is Cn1nc(C(O)=C(C#N)C(=O)Nc2cccc(C(F)(F)F)c2)c2c1-c1cccc3c1C2CCC3. The van der Waals surface area contributed by atoms with Crippen LogP contribution in [-0.4, -0.2) is 20.8 Å². The van der Waals surface area contributed by atoms with Gasteiger partial charge in [0.25, 0.3) is 5.91 Å². The molecule has 0 saturated carbocycles. The number of carbonyl (C=O) groups excluding carboxylic acids is 1. The second-order valence-electron chi connectivity index (χ2n) is 8.43. The summed E-state index contributed by atoms with van der Waals surface area (Å²) in [6.07, 6.45) is -1.82. The zero-order valence-electron chi connectivity index (χ0n) is 18.1. The number of halogens is 3. The van der Waals surface area contributed by atoms with Gasteiger partial charge in [0.2, 0.25) is 0 Å². The number of fused-ring (bicyclic) bond motifs is 3. The summed E-state index contributed by atoms with van der Waals surface area (Å²) in [4.78, 5) is 12.8. The van der Waals surface area contributed by atoms with Crippen LogP contribution in [0.15, 0.2) is 48.0 Å². The summed E-state index contributed by atoms with van der Waals surface area (Å²) in [5.74, 6) is -1.62. The lowest BCUT2D eigenvalue weighted by Gasteiger charge is -2.22. The maximum Gasteiger partial charge on any atom is 0.416 e. The second kappa shape index (κ2) is 7.76. The quantitative estimate of drug-likeness (QED) is 0.312. The van der Waals surface area contributed by atoms with Gasteiger partial charge in [0.1, 0.15) is 11.8 Å². The number of carbonyl (C=O) groups is 1. The van der Waals surface area contributed by atoms with Crippen molar-refractivity contribution in [1.29, 1.82) is 5.26 Å². The molecule has 0 bridgehead atoms. The standard InChI is InChI=1S/C25H19F3N4O2/c1-32-22-17-10-3-6-13-5-2-9-16(19(13)17)20(22)21(31-32)23(33)18(12-29)24(34)30-15-8-4-7-14(11-15)25(26,27)28/h3-4,6-8,10-11,16,33H,2,5,9H2,1H3,(H,30,34). The molecule has 2 aliphatic carbocycles. The van der Waals surface area contributed by atoms with Gasteiger partial charge < -0.3 is 10.4 Å². The molecule has 6 nitrogen and oxygen atoms in total. The van der Waals surface area contributed by atoms with Crippen molar-refractivity contribution >= 4 is 17.4 Å². The van der Waals surface area contributed by atoms with Crippen molar-refractivity contribution in [2.75, 3.05) is 5.32 Å². The van der Waals surface area contributed by atoms with E-state index >= 15 is 0 Å². The van der Waals surface area contributed by atoms with Gasteiger partial charge in [-0.25, -0.2) is 0 Å². The van der Waals surface area contributed by atoms with E-state index in [2.05, 4.69) is 16.5 Å². The molecule has 0 radical (unpaired) electrons. The number of rotatable bonds is 3. The van der Waals surface area contributed by atoms with Gasteiger partial charge in [-0.3, -0.25) is 9.48 Å². The predicted octanol–water partition coefficient (Wildman–Crippen LogP) is 5.32. The fourth-order valence-electron chi connectivity index (χ4n) is 5.04. The van der Waals surface area contributed by atoms with E-state index in [1.165, 1.54) is 17.2 Å². The van der Waals surface area contributed by atoms with Gasteiger partial charge in [-0.1, -0.05) is 24.3 Å². The highest BCUT2D eigenvalue weighted by atomic mass is 19.4. The largest absolute Gasteiger partial charge is 0.504 e. The summed E-state index contributed by atoms with van der Waals surface area (Å²) in [5, 5.41) is 27.4. The zero-order chi connectivity index (χ0) is 24.2. The minimum Gasteiger partial charge on any atom is -0.504 e. The normalized spacial score (nSPS) is 16.9. The van der Waals surface area contributed by atoms with Crippen molar-refractivity contribution in [2.45, 2.75) is 31.4 Å². The van der Waals surface area contributed by atoms with E-state index in [0.717, 1.165) is 54.3 Å². The van der Waals surface area contributed by atoms with Crippen LogP contribution in [0.4, 0.5) is 18.9 Å². The fraction of sp³-hybridized carbons (Fsp3) is 0.240. The van der Waals surface area contributed by atoms with E-state index in [1.54, 1.807) is 17.8 Å². The number of hydrogen-bond donors (Lipinski definition) is 2. The van der Waals surface area contributed by atoms with Crippen LogP contribution >= 0.6 is 0 Å². The maximum absolute atomic E-state index is 13.0. The van der Waals surface area contributed by atoms with Crippen LogP contribution in [0.1, 0.15) is 46.7 Å². The number of anilines is 1. The van der Waals surface area contributed by atoms with Gasteiger partial charge in [-0.2, -0.15) is 23.5 Å². The number of nitrogens with one attached hydrogen (secondary N) is 1. The lowest BCUT2D eigenvalue weighted by molar-refractivity contribution is -0.137. The van der Waals surface area contributed by atoms with Crippen LogP contribution in [0.3, 0.4) is 0 Å². The molecule has 5 rings (SSSR count). The Morgan fingerprint density at radius 1 is 1.24 bits per heavy atom. The number of benzene rings is 2. The van der Waals surface area contributed by atoms with Gasteiger partial charge in [-0.05, 0) is 48.6 Å². The van der Waals surface area contributed by atoms with E-state index in [0.29, 0.717) is 0 Å². The molecule has 2 aromatic carbocycles. The third-order valence-corrected chi connectivity index (χ3v) is 6.42. The summed E-state index contributed by atoms with van der Waals surface area (Å²) in [7, 11) is 1.74. The van der Waals surface area contributed by atoms with Gasteiger partial charge in [0, 0.05) is 29.8 Å². The van der Waals surface area contributed by atoms with Crippen molar-refractivity contribution < 1.29 is 23.1 Å². The fourth-order valence-corrected chi connectivity index (χ4v) is 5.04. The third-order valence-electron chi connectivity index (χ3n) is 6.42. The van der Waals surface area contributed by atoms with Crippen molar-refractivity contribution in [3.63, 3.8) is 0 Å². The Labute approximate surface area is 192 Å². The molecule has 0 aliphatic heterocycles. The van der Waals surface area contributed by atoms with Crippen LogP contribution in [0.2, 0.25) is 0 Å². The summed E-state index contributed by atoms with van der Waals surface area (Å²) >= 11 is 0. The number of hydrogen-bond acceptors (Lipinski definition) is 4. The molecular weight excluding hydrogens is 445 g/mol. The van der Waals surface area contributed by atoms with E-state index in [4.69, 9.17) is 0 Å². The Hall–Kier alpha value is -4.06. The molecule has 0 saturated heterocycles. The smallest absolute Gasteiger partial charge is 0.416 e. The number of nitrogens with zero attached hydrogens (tertiary/aromatic N) is 3. The first-order chi connectivity index (χ1) is 16.2. The Morgan fingerprint density at radius 3 is 2.74 bits per heavy atom. The molecule has 1 aromatic heterocycles. The maximum atomic E-state index is 13.0. The first-order valence-electron chi connectivity index (χ1n) is 10.7. The summed E-state index contributed by atoms with van der Waals surface area (Å²) in [6.45, 7) is 0. The number of aliphatic hydroxyl groups is 1. The minimum atomic E-state index is -4.58. The monoisotopic (exact) mass is 464 g/mol. The van der Waals surface area contributed by atoms with Crippen LogP contribution in [0.5, 0.6) is 0 Å². The predicted molar refractivity (Wildman–Crippen MR) is 119 cm³/mol. The molecule has 9 heteroatoms. The minimum absolute atomic E-state index is 0.00716. The van der Waals surface area contributed by atoms with Gasteiger partial charge in [0.15, 0.2) is 11.3 Å². The lowest BCUT2D eigenvalue weighted by Crippen LogP contribution is -2.17. The summed E-state index contributed by atoms with van der Waals surface area (Å²) < 4.78 is 40.6. The van der Waals surface area contributed by atoms with E-state index in [-0.39, 0.29) is 17.3 Å². The number of aliphatic hydroxyl groups excluding tert-OH is 1. The molecule has 172 valence electrons. The Balaban J connectivity index is 1.55. The molecule has 2 aliphatic rings. The first kappa shape index (κ1) is 21.8.